The molecule has 7 heteroatoms. The Morgan fingerprint density at radius 1 is 0.833 bits per heavy atom. The Kier molecular flexibility index (Phi) is 6.90. The van der Waals surface area contributed by atoms with Crippen molar-refractivity contribution in [2.45, 2.75) is 50.2 Å². The van der Waals surface area contributed by atoms with E-state index >= 15 is 0 Å². The van der Waals surface area contributed by atoms with Gasteiger partial charge in [-0.05, 0) is 49.8 Å². The van der Waals surface area contributed by atoms with Crippen molar-refractivity contribution in [2.75, 3.05) is 5.32 Å². The van der Waals surface area contributed by atoms with E-state index in [1.54, 1.807) is 36.4 Å². The molecule has 2 aliphatic carbocycles. The number of carbonyl (C=O) groups excluding carboxylic acids is 3. The topological polar surface area (TPSA) is 101 Å². The highest BCUT2D eigenvalue weighted by Crippen LogP contribution is 2.33. The summed E-state index contributed by atoms with van der Waals surface area (Å²) in [5.74, 6) is -0.425. The van der Waals surface area contributed by atoms with Crippen LogP contribution in [0.5, 0.6) is 0 Å². The minimum absolute atomic E-state index is 0.0487. The Labute approximate surface area is 215 Å². The van der Waals surface area contributed by atoms with E-state index in [2.05, 4.69) is 10.6 Å². The van der Waals surface area contributed by atoms with Crippen LogP contribution < -0.4 is 16.4 Å². The van der Waals surface area contributed by atoms with Gasteiger partial charge in [-0.25, -0.2) is 0 Å². The second-order valence-corrected chi connectivity index (χ2v) is 9.94. The van der Waals surface area contributed by atoms with Crippen molar-refractivity contribution in [3.05, 3.63) is 99.6 Å². The van der Waals surface area contributed by atoms with Crippen LogP contribution in [0, 0.1) is 0 Å². The van der Waals surface area contributed by atoms with Crippen LogP contribution >= 0.6 is 11.6 Å². The molecule has 0 aliphatic heterocycles. The number of benzene rings is 3. The smallest absolute Gasteiger partial charge is 0.237 e. The third-order valence-electron chi connectivity index (χ3n) is 7.12. The molecule has 0 unspecified atom stereocenters. The summed E-state index contributed by atoms with van der Waals surface area (Å²) in [7, 11) is 0. The molecule has 0 radical (unpaired) electrons. The van der Waals surface area contributed by atoms with Crippen molar-refractivity contribution >= 4 is 34.8 Å². The van der Waals surface area contributed by atoms with Crippen molar-refractivity contribution in [3.63, 3.8) is 0 Å². The van der Waals surface area contributed by atoms with Gasteiger partial charge in [0.05, 0.1) is 11.6 Å². The van der Waals surface area contributed by atoms with Crippen LogP contribution in [0.3, 0.4) is 0 Å². The van der Waals surface area contributed by atoms with E-state index in [1.165, 1.54) is 0 Å². The molecule has 1 fully saturated rings. The fourth-order valence-electron chi connectivity index (χ4n) is 5.17. The maximum atomic E-state index is 13.2. The van der Waals surface area contributed by atoms with Gasteiger partial charge in [-0.3, -0.25) is 14.4 Å². The number of nitrogens with two attached hydrogens (primary N) is 1. The second-order valence-electron chi connectivity index (χ2n) is 9.54. The molecule has 36 heavy (non-hydrogen) atoms. The van der Waals surface area contributed by atoms with Gasteiger partial charge in [0.15, 0.2) is 11.6 Å². The number of halogens is 1. The number of nitrogens with one attached hydrogen (secondary N) is 2. The van der Waals surface area contributed by atoms with Crippen LogP contribution in [0.25, 0.3) is 0 Å². The Morgan fingerprint density at radius 2 is 1.44 bits per heavy atom. The molecule has 0 heterocycles. The van der Waals surface area contributed by atoms with E-state index in [-0.39, 0.29) is 29.6 Å². The first kappa shape index (κ1) is 24.2. The molecule has 3 aromatic rings. The van der Waals surface area contributed by atoms with Gasteiger partial charge >= 0.3 is 0 Å². The monoisotopic (exact) mass is 501 g/mol. The molecule has 1 saturated carbocycles. The number of anilines is 1. The maximum absolute atomic E-state index is 13.2. The van der Waals surface area contributed by atoms with Crippen LogP contribution in [0.2, 0.25) is 5.02 Å². The summed E-state index contributed by atoms with van der Waals surface area (Å²) < 4.78 is 0. The Balaban J connectivity index is 1.20. The number of fused-ring (bicyclic) bond motifs is 2. The lowest BCUT2D eigenvalue weighted by molar-refractivity contribution is -0.123. The van der Waals surface area contributed by atoms with Gasteiger partial charge in [0.25, 0.3) is 0 Å². The van der Waals surface area contributed by atoms with E-state index in [9.17, 15) is 14.4 Å². The lowest BCUT2D eigenvalue weighted by Crippen LogP contribution is -2.48. The molecule has 1 amide bonds. The molecule has 6 nitrogen and oxygen atoms in total. The van der Waals surface area contributed by atoms with Gasteiger partial charge in [-0.1, -0.05) is 66.2 Å². The Hall–Kier alpha value is -3.48. The standard InChI is InChI=1S/C29H28ClN3O3/c30-23-10-4-1-6-17(23)16-24(31)29(36)33-19-14-12-18(13-15-19)32-25-11-5-9-22-26(25)28(35)21-8-3-2-7-20(21)27(22)34/h1-11,18-19,24,32H,12-16,31H2,(H,33,36)/t18?,19?,24-/m0/s1. The highest BCUT2D eigenvalue weighted by atomic mass is 35.5. The number of amides is 1. The summed E-state index contributed by atoms with van der Waals surface area (Å²) in [5, 5.41) is 7.19. The number of rotatable bonds is 6. The minimum atomic E-state index is -0.664. The minimum Gasteiger partial charge on any atom is -0.382 e. The highest BCUT2D eigenvalue weighted by Gasteiger charge is 2.32. The Bertz CT molecular complexity index is 1330. The molecular weight excluding hydrogens is 474 g/mol. The normalized spacial score (nSPS) is 19.7. The van der Waals surface area contributed by atoms with Gasteiger partial charge < -0.3 is 16.4 Å². The van der Waals surface area contributed by atoms with Gasteiger partial charge in [0, 0.05) is 39.5 Å². The van der Waals surface area contributed by atoms with Gasteiger partial charge in [-0.15, -0.1) is 0 Å². The first-order chi connectivity index (χ1) is 17.4. The molecule has 0 aromatic heterocycles. The molecule has 0 bridgehead atoms. The van der Waals surface area contributed by atoms with Crippen molar-refractivity contribution in [2.24, 2.45) is 5.73 Å². The molecular formula is C29H28ClN3O3. The van der Waals surface area contributed by atoms with E-state index in [4.69, 9.17) is 17.3 Å². The quantitative estimate of drug-likeness (QED) is 0.360. The summed E-state index contributed by atoms with van der Waals surface area (Å²) in [6.07, 6.45) is 3.64. The zero-order valence-electron chi connectivity index (χ0n) is 19.8. The molecule has 4 N–H and O–H groups in total. The van der Waals surface area contributed by atoms with E-state index in [0.29, 0.717) is 39.4 Å². The largest absolute Gasteiger partial charge is 0.382 e. The third-order valence-corrected chi connectivity index (χ3v) is 7.49. The van der Waals surface area contributed by atoms with Crippen molar-refractivity contribution in [1.29, 1.82) is 0 Å². The van der Waals surface area contributed by atoms with Crippen LogP contribution in [-0.2, 0) is 11.2 Å². The molecule has 0 saturated heterocycles. The summed E-state index contributed by atoms with van der Waals surface area (Å²) in [5.41, 5.74) is 9.48. The first-order valence-electron chi connectivity index (χ1n) is 12.3. The lowest BCUT2D eigenvalue weighted by Gasteiger charge is -2.32. The second kappa shape index (κ2) is 10.2. The molecule has 184 valence electrons. The molecule has 0 spiro atoms. The van der Waals surface area contributed by atoms with Gasteiger partial charge in [0.1, 0.15) is 0 Å². The Morgan fingerprint density at radius 3 is 2.17 bits per heavy atom. The van der Waals surface area contributed by atoms with E-state index in [1.807, 2.05) is 30.3 Å². The predicted octanol–water partition coefficient (Wildman–Crippen LogP) is 4.52. The van der Waals surface area contributed by atoms with E-state index < -0.39 is 6.04 Å². The van der Waals surface area contributed by atoms with Crippen molar-refractivity contribution < 1.29 is 14.4 Å². The molecule has 5 rings (SSSR count). The SMILES string of the molecule is N[C@@H](Cc1ccccc1Cl)C(=O)NC1CCC(Nc2cccc3c2C(=O)c2ccccc2C3=O)CC1. The fraction of sp³-hybridized carbons (Fsp3) is 0.276. The summed E-state index contributed by atoms with van der Waals surface area (Å²) in [6, 6.07) is 19.3. The first-order valence-corrected chi connectivity index (χ1v) is 12.7. The zero-order valence-corrected chi connectivity index (χ0v) is 20.6. The van der Waals surface area contributed by atoms with Crippen LogP contribution in [0.15, 0.2) is 66.7 Å². The summed E-state index contributed by atoms with van der Waals surface area (Å²) >= 11 is 6.20. The number of hydrogen-bond donors (Lipinski definition) is 3. The third kappa shape index (κ3) is 4.79. The van der Waals surface area contributed by atoms with Gasteiger partial charge in [-0.2, -0.15) is 0 Å². The summed E-state index contributed by atoms with van der Waals surface area (Å²) in [4.78, 5) is 38.9. The zero-order chi connectivity index (χ0) is 25.2. The van der Waals surface area contributed by atoms with Crippen LogP contribution in [0.4, 0.5) is 5.69 Å². The molecule has 1 atom stereocenters. The molecule has 3 aromatic carbocycles. The van der Waals surface area contributed by atoms with Crippen molar-refractivity contribution in [1.82, 2.24) is 5.32 Å². The fourth-order valence-corrected chi connectivity index (χ4v) is 5.38. The summed E-state index contributed by atoms with van der Waals surface area (Å²) in [6.45, 7) is 0. The van der Waals surface area contributed by atoms with Gasteiger partial charge in [0.2, 0.25) is 5.91 Å². The lowest BCUT2D eigenvalue weighted by atomic mass is 9.83. The predicted molar refractivity (Wildman–Crippen MR) is 141 cm³/mol. The van der Waals surface area contributed by atoms with Crippen LogP contribution in [0.1, 0.15) is 63.1 Å². The number of hydrogen-bond acceptors (Lipinski definition) is 5. The van der Waals surface area contributed by atoms with Crippen LogP contribution in [-0.4, -0.2) is 35.6 Å². The average molecular weight is 502 g/mol. The van der Waals surface area contributed by atoms with Crippen molar-refractivity contribution in [3.8, 4) is 0 Å². The number of ketones is 2. The average Bonchev–Trinajstić information content (AvgIpc) is 2.89. The number of carbonyl (C=O) groups is 3. The molecule has 2 aliphatic rings. The van der Waals surface area contributed by atoms with E-state index in [0.717, 1.165) is 31.2 Å². The highest BCUT2D eigenvalue weighted by molar-refractivity contribution is 6.31. The maximum Gasteiger partial charge on any atom is 0.237 e.